The minimum atomic E-state index is -1.03. The summed E-state index contributed by atoms with van der Waals surface area (Å²) in [7, 11) is 0. The van der Waals surface area contributed by atoms with E-state index in [2.05, 4.69) is 20.4 Å². The molecule has 4 rings (SSSR count). The fourth-order valence-electron chi connectivity index (χ4n) is 4.48. The van der Waals surface area contributed by atoms with E-state index in [4.69, 9.17) is 0 Å². The number of carboxylic acid groups (broad SMARTS) is 1. The third kappa shape index (κ3) is 4.79. The van der Waals surface area contributed by atoms with E-state index in [0.29, 0.717) is 25.9 Å². The molecule has 11 heteroatoms. The van der Waals surface area contributed by atoms with Gasteiger partial charge in [0, 0.05) is 30.8 Å². The number of rotatable bonds is 6. The summed E-state index contributed by atoms with van der Waals surface area (Å²) in [5, 5.41) is 30.0. The maximum absolute atomic E-state index is 14.0. The molecule has 2 fully saturated rings. The summed E-state index contributed by atoms with van der Waals surface area (Å²) in [6.07, 6.45) is 2.75. The fourth-order valence-corrected chi connectivity index (χ4v) is 5.25. The molecule has 0 spiro atoms. The molecule has 1 aromatic heterocycles. The lowest BCUT2D eigenvalue weighted by atomic mass is 9.78. The van der Waals surface area contributed by atoms with Gasteiger partial charge in [-0.25, -0.2) is 8.78 Å². The van der Waals surface area contributed by atoms with E-state index in [1.54, 1.807) is 0 Å². The van der Waals surface area contributed by atoms with E-state index in [9.17, 15) is 28.6 Å². The molecule has 1 aliphatic carbocycles. The normalized spacial score (nSPS) is 25.2. The molecule has 0 bridgehead atoms. The molecule has 0 atom stereocenters. The molecule has 172 valence electrons. The summed E-state index contributed by atoms with van der Waals surface area (Å²) in [5.41, 5.74) is -1.56. The number of aliphatic carboxylic acids is 1. The second kappa shape index (κ2) is 8.45. The largest absolute Gasteiger partial charge is 0.481 e. The van der Waals surface area contributed by atoms with Gasteiger partial charge in [0.2, 0.25) is 5.01 Å². The van der Waals surface area contributed by atoms with Crippen molar-refractivity contribution >= 4 is 23.2 Å². The van der Waals surface area contributed by atoms with E-state index >= 15 is 0 Å². The van der Waals surface area contributed by atoms with Crippen LogP contribution in [0, 0.1) is 11.6 Å². The summed E-state index contributed by atoms with van der Waals surface area (Å²) >= 11 is 0.851. The van der Waals surface area contributed by atoms with Gasteiger partial charge >= 0.3 is 5.97 Å². The topological polar surface area (TPSA) is 116 Å². The number of carbonyl (C=O) groups excluding carboxylic acids is 1. The molecule has 1 amide bonds. The molecular weight excluding hydrogens is 442 g/mol. The maximum Gasteiger partial charge on any atom is 0.305 e. The van der Waals surface area contributed by atoms with Gasteiger partial charge in [0.1, 0.15) is 11.6 Å². The first-order chi connectivity index (χ1) is 15.1. The van der Waals surface area contributed by atoms with Gasteiger partial charge in [-0.05, 0) is 44.7 Å². The van der Waals surface area contributed by atoms with Crippen molar-refractivity contribution in [2.24, 2.45) is 0 Å². The Morgan fingerprint density at radius 1 is 1.25 bits per heavy atom. The van der Waals surface area contributed by atoms with E-state index in [1.807, 2.05) is 6.92 Å². The van der Waals surface area contributed by atoms with Crippen molar-refractivity contribution in [2.75, 3.05) is 13.1 Å². The smallest absolute Gasteiger partial charge is 0.305 e. The van der Waals surface area contributed by atoms with E-state index in [0.717, 1.165) is 36.3 Å². The van der Waals surface area contributed by atoms with Crippen LogP contribution in [0.4, 0.5) is 8.78 Å². The van der Waals surface area contributed by atoms with Gasteiger partial charge in [-0.15, -0.1) is 10.2 Å². The number of likely N-dealkylation sites (tertiary alicyclic amines) is 1. The molecular formula is C21H24F2N4O4S. The number of carbonyl (C=O) groups is 2. The SMILES string of the molecule is CC1(O)CCC(N2CC(CC(=O)O)(NC(=O)c3nnc(-c4ccc(F)cc4F)s3)C2)CC1. The van der Waals surface area contributed by atoms with E-state index in [-0.39, 0.29) is 28.0 Å². The molecule has 32 heavy (non-hydrogen) atoms. The summed E-state index contributed by atoms with van der Waals surface area (Å²) in [4.78, 5) is 26.4. The van der Waals surface area contributed by atoms with Crippen LogP contribution in [-0.2, 0) is 4.79 Å². The Kier molecular flexibility index (Phi) is 5.99. The first-order valence-electron chi connectivity index (χ1n) is 10.4. The number of nitrogens with one attached hydrogen (secondary N) is 1. The number of hydrogen-bond donors (Lipinski definition) is 3. The Morgan fingerprint density at radius 2 is 1.94 bits per heavy atom. The van der Waals surface area contributed by atoms with Crippen molar-refractivity contribution in [1.29, 1.82) is 0 Å². The van der Waals surface area contributed by atoms with Gasteiger partial charge in [0.05, 0.1) is 17.6 Å². The number of hydrogen-bond acceptors (Lipinski definition) is 7. The van der Waals surface area contributed by atoms with E-state index < -0.39 is 34.7 Å². The summed E-state index contributed by atoms with van der Waals surface area (Å²) < 4.78 is 27.1. The third-order valence-corrected chi connectivity index (χ3v) is 7.16. The standard InChI is InChI=1S/C21H24F2N4O4S/c1-20(31)6-4-13(5-7-20)27-10-21(11-27,9-16(28)29)24-17(30)19-26-25-18(32-19)14-3-2-12(22)8-15(14)23/h2-3,8,13,31H,4-7,9-11H2,1H3,(H,24,30)(H,28,29). The van der Waals surface area contributed by atoms with Crippen LogP contribution in [0.5, 0.6) is 0 Å². The molecule has 0 radical (unpaired) electrons. The van der Waals surface area contributed by atoms with Crippen LogP contribution in [0.15, 0.2) is 18.2 Å². The van der Waals surface area contributed by atoms with Crippen LogP contribution < -0.4 is 5.32 Å². The second-order valence-corrected chi connectivity index (χ2v) is 9.95. The highest BCUT2D eigenvalue weighted by Gasteiger charge is 2.49. The molecule has 2 aliphatic rings. The van der Waals surface area contributed by atoms with Gasteiger partial charge in [-0.2, -0.15) is 0 Å². The van der Waals surface area contributed by atoms with E-state index in [1.165, 1.54) is 6.07 Å². The number of nitrogens with zero attached hydrogens (tertiary/aromatic N) is 3. The lowest BCUT2D eigenvalue weighted by Gasteiger charge is -2.54. The lowest BCUT2D eigenvalue weighted by molar-refractivity contribution is -0.141. The molecule has 0 unspecified atom stereocenters. The zero-order chi connectivity index (χ0) is 23.1. The number of benzene rings is 1. The number of halogens is 2. The van der Waals surface area contributed by atoms with Crippen molar-refractivity contribution in [1.82, 2.24) is 20.4 Å². The van der Waals surface area contributed by atoms with Crippen molar-refractivity contribution in [3.05, 3.63) is 34.8 Å². The van der Waals surface area contributed by atoms with Gasteiger partial charge in [-0.1, -0.05) is 11.3 Å². The predicted molar refractivity (Wildman–Crippen MR) is 112 cm³/mol. The monoisotopic (exact) mass is 466 g/mol. The van der Waals surface area contributed by atoms with Crippen LogP contribution in [-0.4, -0.2) is 67.5 Å². The van der Waals surface area contributed by atoms with Crippen molar-refractivity contribution < 1.29 is 28.6 Å². The average Bonchev–Trinajstić information content (AvgIpc) is 3.15. The minimum absolute atomic E-state index is 0.0272. The van der Waals surface area contributed by atoms with Crippen molar-refractivity contribution in [3.8, 4) is 10.6 Å². The first kappa shape index (κ1) is 22.7. The van der Waals surface area contributed by atoms with Crippen molar-refractivity contribution in [2.45, 2.75) is 56.2 Å². The molecule has 1 aliphatic heterocycles. The predicted octanol–water partition coefficient (Wildman–Crippen LogP) is 2.44. The van der Waals surface area contributed by atoms with Crippen LogP contribution in [0.3, 0.4) is 0 Å². The number of carboxylic acids is 1. The number of aromatic nitrogens is 2. The molecule has 8 nitrogen and oxygen atoms in total. The average molecular weight is 467 g/mol. The highest BCUT2D eigenvalue weighted by Crippen LogP contribution is 2.36. The van der Waals surface area contributed by atoms with Gasteiger partial charge < -0.3 is 15.5 Å². The lowest BCUT2D eigenvalue weighted by Crippen LogP contribution is -2.73. The second-order valence-electron chi connectivity index (χ2n) is 8.97. The summed E-state index contributed by atoms with van der Waals surface area (Å²) in [5.74, 6) is -3.14. The fraction of sp³-hybridized carbons (Fsp3) is 0.524. The minimum Gasteiger partial charge on any atom is -0.481 e. The van der Waals surface area contributed by atoms with Gasteiger partial charge in [-0.3, -0.25) is 14.5 Å². The Hall–Kier alpha value is -2.50. The highest BCUT2D eigenvalue weighted by molar-refractivity contribution is 7.16. The first-order valence-corrected chi connectivity index (χ1v) is 11.2. The summed E-state index contributed by atoms with van der Waals surface area (Å²) in [6.45, 7) is 2.59. The van der Waals surface area contributed by atoms with Crippen LogP contribution in [0.2, 0.25) is 0 Å². The van der Waals surface area contributed by atoms with Crippen LogP contribution >= 0.6 is 11.3 Å². The zero-order valence-electron chi connectivity index (χ0n) is 17.5. The summed E-state index contributed by atoms with van der Waals surface area (Å²) in [6, 6.07) is 3.29. The number of aliphatic hydroxyl groups is 1. The quantitative estimate of drug-likeness (QED) is 0.599. The third-order valence-electron chi connectivity index (χ3n) is 6.21. The highest BCUT2D eigenvalue weighted by atomic mass is 32.1. The van der Waals surface area contributed by atoms with Crippen LogP contribution in [0.25, 0.3) is 10.6 Å². The molecule has 1 saturated heterocycles. The Balaban J connectivity index is 1.43. The number of amides is 1. The zero-order valence-corrected chi connectivity index (χ0v) is 18.3. The van der Waals surface area contributed by atoms with Gasteiger partial charge in [0.15, 0.2) is 5.01 Å². The molecule has 1 aromatic carbocycles. The van der Waals surface area contributed by atoms with Crippen molar-refractivity contribution in [3.63, 3.8) is 0 Å². The Bertz CT molecular complexity index is 1030. The molecule has 2 heterocycles. The molecule has 1 saturated carbocycles. The molecule has 2 aromatic rings. The van der Waals surface area contributed by atoms with Crippen LogP contribution in [0.1, 0.15) is 48.8 Å². The Morgan fingerprint density at radius 3 is 2.56 bits per heavy atom. The van der Waals surface area contributed by atoms with Gasteiger partial charge in [0.25, 0.3) is 5.91 Å². The maximum atomic E-state index is 14.0. The molecule has 3 N–H and O–H groups in total. The Labute approximate surface area is 187 Å².